The van der Waals surface area contributed by atoms with Gasteiger partial charge in [-0.15, -0.1) is 6.58 Å². The molecule has 2 aliphatic rings. The van der Waals surface area contributed by atoms with Gasteiger partial charge in [-0.05, 0) is 164 Å². The number of hydrogen-bond donors (Lipinski definition) is 4. The van der Waals surface area contributed by atoms with Crippen LogP contribution in [0.4, 0.5) is 5.69 Å². The highest BCUT2D eigenvalue weighted by Gasteiger charge is 2.32. The molecule has 2 saturated heterocycles. The zero-order chi connectivity index (χ0) is 44.7. The van der Waals surface area contributed by atoms with Gasteiger partial charge in [0.15, 0.2) is 0 Å². The maximum absolute atomic E-state index is 5.32. The van der Waals surface area contributed by atoms with Crippen LogP contribution in [-0.4, -0.2) is 72.3 Å². The average molecular weight is 837 g/mol. The Morgan fingerprint density at radius 1 is 0.967 bits per heavy atom. The van der Waals surface area contributed by atoms with Crippen LogP contribution in [0.2, 0.25) is 0 Å². The highest BCUT2D eigenvalue weighted by atomic mass is 15.2. The van der Waals surface area contributed by atoms with Crippen molar-refractivity contribution in [3.63, 3.8) is 0 Å². The predicted octanol–water partition coefficient (Wildman–Crippen LogP) is 11.4. The lowest BCUT2D eigenvalue weighted by molar-refractivity contribution is 0.205. The van der Waals surface area contributed by atoms with Crippen LogP contribution in [-0.2, 0) is 13.0 Å². The summed E-state index contributed by atoms with van der Waals surface area (Å²) in [6, 6.07) is 12.3. The Labute approximate surface area is 373 Å². The summed E-state index contributed by atoms with van der Waals surface area (Å²) in [6.07, 6.45) is 13.7. The van der Waals surface area contributed by atoms with Crippen molar-refractivity contribution in [1.82, 2.24) is 30.5 Å². The lowest BCUT2D eigenvalue weighted by atomic mass is 9.79. The van der Waals surface area contributed by atoms with E-state index in [0.717, 1.165) is 82.9 Å². The summed E-state index contributed by atoms with van der Waals surface area (Å²) in [6.45, 7) is 44.3. The van der Waals surface area contributed by atoms with Crippen molar-refractivity contribution in [1.29, 1.82) is 0 Å². The predicted molar refractivity (Wildman–Crippen MR) is 266 cm³/mol. The zero-order valence-corrected chi connectivity index (χ0v) is 40.6. The number of piperidine rings is 1. The molecule has 61 heavy (non-hydrogen) atoms. The molecule has 340 valence electrons. The van der Waals surface area contributed by atoms with Crippen LogP contribution in [0.15, 0.2) is 73.1 Å². The molecule has 0 bridgehead atoms. The number of aryl methyl sites for hydroxylation is 1. The van der Waals surface area contributed by atoms with E-state index >= 15 is 0 Å². The minimum absolute atomic E-state index is 0.182. The molecule has 3 aromatic rings. The van der Waals surface area contributed by atoms with Crippen LogP contribution in [0.5, 0.6) is 0 Å². The van der Waals surface area contributed by atoms with Crippen molar-refractivity contribution >= 4 is 16.6 Å². The lowest BCUT2D eigenvalue weighted by Crippen LogP contribution is -2.45. The summed E-state index contributed by atoms with van der Waals surface area (Å²) in [5.74, 6) is 7.00. The Morgan fingerprint density at radius 3 is 2.34 bits per heavy atom. The summed E-state index contributed by atoms with van der Waals surface area (Å²) in [7, 11) is 0. The normalized spacial score (nSPS) is 17.1. The Balaban J connectivity index is 0.000000282. The van der Waals surface area contributed by atoms with Gasteiger partial charge < -0.3 is 20.1 Å². The number of hydrogen-bond acceptors (Lipinski definition) is 7. The van der Waals surface area contributed by atoms with Crippen molar-refractivity contribution in [2.45, 2.75) is 158 Å². The van der Waals surface area contributed by atoms with Gasteiger partial charge in [0, 0.05) is 72.8 Å². The smallest absolute Gasteiger partial charge is 0.0542 e. The fourth-order valence-corrected chi connectivity index (χ4v) is 9.71. The molecule has 1 aromatic carbocycles. The number of aromatic nitrogens is 2. The second kappa shape index (κ2) is 24.4. The first-order valence-corrected chi connectivity index (χ1v) is 24.1. The monoisotopic (exact) mass is 837 g/mol. The molecule has 0 aliphatic carbocycles. The molecule has 2 aromatic heterocycles. The number of unbranched alkanes of at least 4 members (excludes halogenated alkanes) is 1. The summed E-state index contributed by atoms with van der Waals surface area (Å²) in [4.78, 5) is 10.1. The number of pyridine rings is 1. The number of anilines is 1. The van der Waals surface area contributed by atoms with E-state index in [1.165, 1.54) is 95.6 Å². The van der Waals surface area contributed by atoms with E-state index in [2.05, 4.69) is 150 Å². The molecule has 5 rings (SSSR count). The fourth-order valence-electron chi connectivity index (χ4n) is 9.71. The Kier molecular flexibility index (Phi) is 20.1. The third-order valence-electron chi connectivity index (χ3n) is 13.2. The maximum atomic E-state index is 5.32. The van der Waals surface area contributed by atoms with Crippen LogP contribution >= 0.6 is 0 Å². The Bertz CT molecular complexity index is 1830. The SMILES string of the molecule is C=C(C)CCC(C)(C)Cc1c(-c2cccnc2C(C)C)n(CC)c2ccc(N3CCCCC3)cc12.C=C(CCCCNN)C(C)NC(=C)C(C(C)C)N1CCC(CNCC)C1. The number of allylic oxidation sites excluding steroid dienone is 1. The number of hydrazine groups is 1. The fraction of sp³-hybridized carbons (Fsp3) is 0.642. The van der Waals surface area contributed by atoms with Gasteiger partial charge in [0.25, 0.3) is 0 Å². The second-order valence-electron chi connectivity index (χ2n) is 19.8. The topological polar surface area (TPSA) is 86.4 Å². The van der Waals surface area contributed by atoms with Gasteiger partial charge in [-0.2, -0.15) is 0 Å². The molecule has 2 aliphatic heterocycles. The summed E-state index contributed by atoms with van der Waals surface area (Å²) >= 11 is 0. The second-order valence-corrected chi connectivity index (χ2v) is 19.8. The van der Waals surface area contributed by atoms with Crippen LogP contribution in [0.1, 0.15) is 144 Å². The van der Waals surface area contributed by atoms with Gasteiger partial charge in [0.05, 0.1) is 17.4 Å². The summed E-state index contributed by atoms with van der Waals surface area (Å²) < 4.78 is 2.54. The number of nitrogens with two attached hydrogens (primary N) is 1. The van der Waals surface area contributed by atoms with E-state index in [-0.39, 0.29) is 11.5 Å². The standard InChI is InChI=1S/C32H45N3.C21H43N5/c1-8-35-29-15-14-25(34-19-10-9-11-20-34)21-27(29)28(22-32(6,7)17-16-23(2)3)31(35)26-13-12-18-33-30(26)24(4)5;1-7-23-14-20-11-13-26(15-20)21(16(2)3)19(6)25-18(5)17(4)10-8-9-12-24-22/h12-15,18,21,24H,2,8-11,16-17,19-20,22H2,1,3-7H3;16,18,20-21,23-25H,4,6-15,22H2,1-3,5H3. The molecule has 5 N–H and O–H groups in total. The van der Waals surface area contributed by atoms with Crippen molar-refractivity contribution in [3.8, 4) is 11.3 Å². The van der Waals surface area contributed by atoms with E-state index < -0.39 is 0 Å². The van der Waals surface area contributed by atoms with Crippen molar-refractivity contribution in [3.05, 3.63) is 84.4 Å². The molecule has 0 spiro atoms. The number of rotatable bonds is 23. The lowest BCUT2D eigenvalue weighted by Gasteiger charge is -2.35. The zero-order valence-electron chi connectivity index (χ0n) is 40.6. The molecular weight excluding hydrogens is 749 g/mol. The van der Waals surface area contributed by atoms with Crippen LogP contribution in [0.25, 0.3) is 22.2 Å². The maximum Gasteiger partial charge on any atom is 0.0542 e. The number of nitrogens with one attached hydrogen (secondary N) is 3. The van der Waals surface area contributed by atoms with Crippen molar-refractivity contribution in [2.24, 2.45) is 23.1 Å². The highest BCUT2D eigenvalue weighted by molar-refractivity contribution is 5.94. The first kappa shape index (κ1) is 50.2. The Morgan fingerprint density at radius 2 is 1.70 bits per heavy atom. The summed E-state index contributed by atoms with van der Waals surface area (Å²) in [5, 5.41) is 8.56. The van der Waals surface area contributed by atoms with E-state index in [0.29, 0.717) is 17.9 Å². The van der Waals surface area contributed by atoms with Gasteiger partial charge in [-0.3, -0.25) is 21.2 Å². The molecule has 3 unspecified atom stereocenters. The minimum atomic E-state index is 0.182. The molecule has 8 nitrogen and oxygen atoms in total. The number of fused-ring (bicyclic) bond motifs is 1. The minimum Gasteiger partial charge on any atom is -0.381 e. The largest absolute Gasteiger partial charge is 0.381 e. The number of nitrogens with zero attached hydrogens (tertiary/aromatic N) is 4. The number of benzene rings is 1. The van der Waals surface area contributed by atoms with Gasteiger partial charge >= 0.3 is 0 Å². The molecule has 0 saturated carbocycles. The molecule has 0 amide bonds. The molecule has 8 heteroatoms. The Hall–Kier alpha value is -3.43. The third kappa shape index (κ3) is 14.3. The molecule has 0 radical (unpaired) electrons. The van der Waals surface area contributed by atoms with Crippen molar-refractivity contribution in [2.75, 3.05) is 50.7 Å². The molecule has 4 heterocycles. The van der Waals surface area contributed by atoms with Crippen molar-refractivity contribution < 1.29 is 0 Å². The van der Waals surface area contributed by atoms with Gasteiger partial charge in [0.1, 0.15) is 0 Å². The highest BCUT2D eigenvalue weighted by Crippen LogP contribution is 2.42. The first-order chi connectivity index (χ1) is 29.1. The van der Waals surface area contributed by atoms with Gasteiger partial charge in [0.2, 0.25) is 0 Å². The van der Waals surface area contributed by atoms with E-state index in [9.17, 15) is 0 Å². The summed E-state index contributed by atoms with van der Waals surface area (Å²) in [5.41, 5.74) is 14.6. The molecule has 2 fully saturated rings. The van der Waals surface area contributed by atoms with Crippen LogP contribution in [0.3, 0.4) is 0 Å². The van der Waals surface area contributed by atoms with E-state index in [4.69, 9.17) is 10.8 Å². The van der Waals surface area contributed by atoms with Crippen LogP contribution < -0.4 is 26.8 Å². The number of likely N-dealkylation sites (tertiary alicyclic amines) is 1. The van der Waals surface area contributed by atoms with E-state index in [1.54, 1.807) is 0 Å². The van der Waals surface area contributed by atoms with E-state index in [1.807, 2.05) is 6.20 Å². The first-order valence-electron chi connectivity index (χ1n) is 24.1. The van der Waals surface area contributed by atoms with Gasteiger partial charge in [-0.1, -0.05) is 72.8 Å². The molecule has 3 atom stereocenters. The third-order valence-corrected chi connectivity index (χ3v) is 13.2. The van der Waals surface area contributed by atoms with Crippen LogP contribution in [0, 0.1) is 17.3 Å². The average Bonchev–Trinajstić information content (AvgIpc) is 3.82. The van der Waals surface area contributed by atoms with Gasteiger partial charge in [-0.25, -0.2) is 0 Å². The molecular formula is C53H88N8. The quantitative estimate of drug-likeness (QED) is 0.0328.